The van der Waals surface area contributed by atoms with Crippen LogP contribution in [0.2, 0.25) is 5.09 Å². The van der Waals surface area contributed by atoms with E-state index < -0.39 is 0 Å². The molecule has 0 aromatic heterocycles. The molecule has 0 unspecified atom stereocenters. The summed E-state index contributed by atoms with van der Waals surface area (Å²) in [7, 11) is 0. The Morgan fingerprint density at radius 3 is 2.20 bits per heavy atom. The topological polar surface area (TPSA) is 0 Å². The first-order chi connectivity index (χ1) is 2.41. The van der Waals surface area contributed by atoms with Crippen molar-refractivity contribution in [2.24, 2.45) is 0 Å². The Balaban J connectivity index is 2.19. The Morgan fingerprint density at radius 1 is 1.60 bits per heavy atom. The van der Waals surface area contributed by atoms with Gasteiger partial charge in [0.2, 0.25) is 0 Å². The molecule has 0 aromatic rings. The SMILES string of the molecule is [24Li][CH2]CCC. The van der Waals surface area contributed by atoms with Gasteiger partial charge in [-0.3, -0.25) is 0 Å². The van der Waals surface area contributed by atoms with Gasteiger partial charge in [0.15, 0.2) is 0 Å². The van der Waals surface area contributed by atoms with Crippen LogP contribution in [-0.2, 0) is 0 Å². The summed E-state index contributed by atoms with van der Waals surface area (Å²) in [6, 6.07) is 0. The zero-order chi connectivity index (χ0) is 4.12. The molecule has 26 valence electrons. The summed E-state index contributed by atoms with van der Waals surface area (Å²) in [6.45, 7) is 2.21. The Bertz CT molecular complexity index is 11.1. The number of unbranched alkanes of at least 4 members (excludes halogenated alkanes) is 1. The van der Waals surface area contributed by atoms with E-state index in [4.69, 9.17) is 0 Å². The maximum atomic E-state index is 2.21. The van der Waals surface area contributed by atoms with Crippen molar-refractivity contribution in [1.82, 2.24) is 0 Å². The van der Waals surface area contributed by atoms with Gasteiger partial charge in [-0.25, -0.2) is 0 Å². The van der Waals surface area contributed by atoms with Crippen LogP contribution in [0.25, 0.3) is 0 Å². The van der Waals surface area contributed by atoms with Gasteiger partial charge in [0.05, 0.1) is 0 Å². The molecule has 0 amide bonds. The second-order valence-electron chi connectivity index (χ2n) is 1.35. The zero-order valence-electron chi connectivity index (χ0n) is 4.12. The van der Waals surface area contributed by atoms with E-state index >= 15 is 0 Å². The van der Waals surface area contributed by atoms with Gasteiger partial charge in [0.1, 0.15) is 0 Å². The molecule has 0 bridgehead atoms. The standard InChI is InChI=1S/C4H9.Li/c1-3-4-2;/h1,3-4H2,2H3;/i;1+17. The number of hydrogen-bond acceptors (Lipinski definition) is 0. The van der Waals surface area contributed by atoms with Gasteiger partial charge >= 0.3 is 42.6 Å². The first-order valence-electron chi connectivity index (χ1n) is 2.41. The molecule has 0 atom stereocenters. The summed E-state index contributed by atoms with van der Waals surface area (Å²) in [6.07, 6.45) is 2.73. The van der Waals surface area contributed by atoms with E-state index in [1.165, 1.54) is 17.9 Å². The van der Waals surface area contributed by atoms with Crippen molar-refractivity contribution in [3.8, 4) is 0 Å². The van der Waals surface area contributed by atoms with Crippen LogP contribution in [0.3, 0.4) is 0 Å². The Kier molecular flexibility index (Phi) is 5.15. The van der Waals surface area contributed by atoms with Crippen LogP contribution in [0.1, 0.15) is 19.8 Å². The molecule has 0 saturated heterocycles. The Hall–Kier alpha value is 0.597. The Labute approximate surface area is 43.2 Å². The van der Waals surface area contributed by atoms with Crippen LogP contribution in [0.4, 0.5) is 0 Å². The molecule has 0 aliphatic carbocycles. The molecule has 0 heterocycles. The molecule has 0 nitrogen and oxygen atoms in total. The van der Waals surface area contributed by atoms with Crippen molar-refractivity contribution in [2.75, 3.05) is 0 Å². The molecule has 0 aliphatic heterocycles. The first kappa shape index (κ1) is 5.60. The van der Waals surface area contributed by atoms with Crippen molar-refractivity contribution in [2.45, 2.75) is 24.9 Å². The van der Waals surface area contributed by atoms with Gasteiger partial charge in [-0.1, -0.05) is 0 Å². The molecular weight excluding hydrogens is 72.0 g/mol. The fourth-order valence-electron chi connectivity index (χ4n) is 0.354. The summed E-state index contributed by atoms with van der Waals surface area (Å²) in [5.41, 5.74) is 0. The summed E-state index contributed by atoms with van der Waals surface area (Å²) in [5.74, 6) is 0. The average molecular weight is 81.1 g/mol. The molecular formula is C4H9Li. The van der Waals surface area contributed by atoms with Crippen molar-refractivity contribution in [3.05, 3.63) is 0 Å². The molecule has 1 heteroatoms. The van der Waals surface area contributed by atoms with Gasteiger partial charge in [0, 0.05) is 0 Å². The second-order valence-corrected chi connectivity index (χ2v) is 1.35. The van der Waals surface area contributed by atoms with Crippen LogP contribution < -0.4 is 0 Å². The van der Waals surface area contributed by atoms with Crippen molar-refractivity contribution < 1.29 is 0 Å². The maximum absolute atomic E-state index is 2.21. The quantitative estimate of drug-likeness (QED) is 0.440. The summed E-state index contributed by atoms with van der Waals surface area (Å²) < 4.78 is 0. The van der Waals surface area contributed by atoms with Gasteiger partial charge in [-0.05, 0) is 0 Å². The van der Waals surface area contributed by atoms with Crippen LogP contribution in [0.15, 0.2) is 0 Å². The third-order valence-electron chi connectivity index (χ3n) is 0.707. The molecule has 0 saturated carbocycles. The third kappa shape index (κ3) is 4.60. The van der Waals surface area contributed by atoms with E-state index in [1.807, 2.05) is 0 Å². The zero-order valence-corrected chi connectivity index (χ0v) is 4.12. The average Bonchev–Trinajstić information content (AvgIpc) is 1.41. The van der Waals surface area contributed by atoms with Gasteiger partial charge in [-0.15, -0.1) is 0 Å². The van der Waals surface area contributed by atoms with Gasteiger partial charge in [-0.2, -0.15) is 0 Å². The fourth-order valence-corrected chi connectivity index (χ4v) is 0.354. The monoisotopic (exact) mass is 81.1 g/mol. The van der Waals surface area contributed by atoms with Gasteiger partial charge < -0.3 is 0 Å². The third-order valence-corrected chi connectivity index (χ3v) is 0.707. The van der Waals surface area contributed by atoms with Gasteiger partial charge in [0.25, 0.3) is 0 Å². The molecule has 0 N–H and O–H groups in total. The van der Waals surface area contributed by atoms with E-state index in [0.717, 1.165) is 0 Å². The minimum absolute atomic E-state index is 1.34. The predicted molar refractivity (Wildman–Crippen MR) is 25.5 cm³/mol. The van der Waals surface area contributed by atoms with E-state index in [9.17, 15) is 0 Å². The van der Waals surface area contributed by atoms with Crippen LogP contribution >= 0.6 is 0 Å². The van der Waals surface area contributed by atoms with E-state index in [1.54, 1.807) is 0 Å². The molecule has 0 rings (SSSR count). The summed E-state index contributed by atoms with van der Waals surface area (Å²) in [5, 5.41) is 1.34. The van der Waals surface area contributed by atoms with Crippen LogP contribution in [0.5, 0.6) is 0 Å². The normalized spacial score (nSPS) is 8.60. The fraction of sp³-hybridized carbons (Fsp3) is 1.00. The predicted octanol–water partition coefficient (Wildman–Crippen LogP) is 1.37. The molecule has 0 aromatic carbocycles. The first-order valence-corrected chi connectivity index (χ1v) is 2.41. The van der Waals surface area contributed by atoms with Crippen molar-refractivity contribution >= 4 is 17.7 Å². The molecule has 5 heavy (non-hydrogen) atoms. The molecule has 0 spiro atoms. The summed E-state index contributed by atoms with van der Waals surface area (Å²) in [4.78, 5) is 0. The second kappa shape index (κ2) is 4.60. The number of rotatable bonds is 2. The van der Waals surface area contributed by atoms with E-state index in [0.29, 0.717) is 0 Å². The molecule has 0 aliphatic rings. The number of hydrogen-bond donors (Lipinski definition) is 0. The Morgan fingerprint density at radius 2 is 2.20 bits per heavy atom. The molecule has 0 radical (unpaired) electrons. The van der Waals surface area contributed by atoms with Crippen LogP contribution in [0, 0.1) is 0 Å². The van der Waals surface area contributed by atoms with Crippen molar-refractivity contribution in [3.63, 3.8) is 0 Å². The van der Waals surface area contributed by atoms with Crippen LogP contribution in [-0.4, -0.2) is 17.7 Å². The van der Waals surface area contributed by atoms with E-state index in [2.05, 4.69) is 24.6 Å². The van der Waals surface area contributed by atoms with E-state index in [-0.39, 0.29) is 0 Å². The summed E-state index contributed by atoms with van der Waals surface area (Å²) >= 11 is 2.21. The minimum atomic E-state index is 1.34. The van der Waals surface area contributed by atoms with Crippen molar-refractivity contribution in [1.29, 1.82) is 0 Å². The molecule has 0 fully saturated rings.